The second-order valence-electron chi connectivity index (χ2n) is 4.64. The van der Waals surface area contributed by atoms with Crippen LogP contribution < -0.4 is 0 Å². The Labute approximate surface area is 108 Å². The summed E-state index contributed by atoms with van der Waals surface area (Å²) in [6, 6.07) is 13.6. The SMILES string of the molecule is Cc1ccc(CN(C)C[C@H](O)c2ccccc2)o1. The Balaban J connectivity index is 1.89. The predicted octanol–water partition coefficient (Wildman–Crippen LogP) is 2.75. The van der Waals surface area contributed by atoms with E-state index in [1.54, 1.807) is 0 Å². The van der Waals surface area contributed by atoms with E-state index in [-0.39, 0.29) is 0 Å². The predicted molar refractivity (Wildman–Crippen MR) is 71.2 cm³/mol. The Hall–Kier alpha value is -1.58. The molecule has 3 nitrogen and oxygen atoms in total. The van der Waals surface area contributed by atoms with Gasteiger partial charge in [-0.25, -0.2) is 0 Å². The maximum atomic E-state index is 10.1. The van der Waals surface area contributed by atoms with Crippen LogP contribution in [0.5, 0.6) is 0 Å². The molecule has 0 aliphatic rings. The number of rotatable bonds is 5. The average Bonchev–Trinajstić information content (AvgIpc) is 2.75. The molecular weight excluding hydrogens is 226 g/mol. The molecule has 0 unspecified atom stereocenters. The lowest BCUT2D eigenvalue weighted by atomic mass is 10.1. The smallest absolute Gasteiger partial charge is 0.118 e. The number of nitrogens with zero attached hydrogens (tertiary/aromatic N) is 1. The van der Waals surface area contributed by atoms with Gasteiger partial charge in [0.05, 0.1) is 12.6 Å². The van der Waals surface area contributed by atoms with Gasteiger partial charge in [0.25, 0.3) is 0 Å². The molecule has 0 radical (unpaired) electrons. The van der Waals surface area contributed by atoms with E-state index in [0.717, 1.165) is 17.1 Å². The van der Waals surface area contributed by atoms with Crippen molar-refractivity contribution >= 4 is 0 Å². The van der Waals surface area contributed by atoms with Crippen molar-refractivity contribution in [1.29, 1.82) is 0 Å². The zero-order valence-electron chi connectivity index (χ0n) is 10.8. The molecule has 0 saturated carbocycles. The van der Waals surface area contributed by atoms with E-state index in [1.807, 2.05) is 56.4 Å². The van der Waals surface area contributed by atoms with Crippen molar-refractivity contribution in [2.75, 3.05) is 13.6 Å². The van der Waals surface area contributed by atoms with Gasteiger partial charge in [0.2, 0.25) is 0 Å². The second kappa shape index (κ2) is 5.85. The van der Waals surface area contributed by atoms with E-state index in [0.29, 0.717) is 13.1 Å². The minimum Gasteiger partial charge on any atom is -0.465 e. The number of benzene rings is 1. The fourth-order valence-electron chi connectivity index (χ4n) is 1.98. The van der Waals surface area contributed by atoms with Crippen LogP contribution in [0.3, 0.4) is 0 Å². The fourth-order valence-corrected chi connectivity index (χ4v) is 1.98. The molecule has 0 aliphatic carbocycles. The first-order valence-corrected chi connectivity index (χ1v) is 6.12. The monoisotopic (exact) mass is 245 g/mol. The lowest BCUT2D eigenvalue weighted by Crippen LogP contribution is -2.24. The molecule has 1 aromatic heterocycles. The summed E-state index contributed by atoms with van der Waals surface area (Å²) < 4.78 is 5.52. The molecule has 2 rings (SSSR count). The van der Waals surface area contributed by atoms with Gasteiger partial charge in [0.1, 0.15) is 11.5 Å². The highest BCUT2D eigenvalue weighted by atomic mass is 16.3. The molecular formula is C15H19NO2. The van der Waals surface area contributed by atoms with Crippen molar-refractivity contribution in [3.63, 3.8) is 0 Å². The maximum Gasteiger partial charge on any atom is 0.118 e. The standard InChI is InChI=1S/C15H19NO2/c1-12-8-9-14(18-12)10-16(2)11-15(17)13-6-4-3-5-7-13/h3-9,15,17H,10-11H2,1-2H3/t15-/m0/s1. The topological polar surface area (TPSA) is 36.6 Å². The van der Waals surface area contributed by atoms with Crippen LogP contribution in [0.2, 0.25) is 0 Å². The Morgan fingerprint density at radius 3 is 2.50 bits per heavy atom. The van der Waals surface area contributed by atoms with Crippen LogP contribution in [0.4, 0.5) is 0 Å². The maximum absolute atomic E-state index is 10.1. The molecule has 0 amide bonds. The summed E-state index contributed by atoms with van der Waals surface area (Å²) >= 11 is 0. The lowest BCUT2D eigenvalue weighted by Gasteiger charge is -2.19. The van der Waals surface area contributed by atoms with Gasteiger partial charge in [-0.15, -0.1) is 0 Å². The zero-order chi connectivity index (χ0) is 13.0. The number of hydrogen-bond acceptors (Lipinski definition) is 3. The molecule has 18 heavy (non-hydrogen) atoms. The van der Waals surface area contributed by atoms with E-state index in [1.165, 1.54) is 0 Å². The molecule has 1 aromatic carbocycles. The third-order valence-electron chi connectivity index (χ3n) is 2.89. The minimum absolute atomic E-state index is 0.466. The van der Waals surface area contributed by atoms with Crippen molar-refractivity contribution in [1.82, 2.24) is 4.90 Å². The summed E-state index contributed by atoms with van der Waals surface area (Å²) in [6.45, 7) is 3.23. The number of furan rings is 1. The number of hydrogen-bond donors (Lipinski definition) is 1. The van der Waals surface area contributed by atoms with Crippen molar-refractivity contribution in [2.45, 2.75) is 19.6 Å². The zero-order valence-corrected chi connectivity index (χ0v) is 10.8. The highest BCUT2D eigenvalue weighted by molar-refractivity contribution is 5.17. The van der Waals surface area contributed by atoms with Crippen LogP contribution in [0.15, 0.2) is 46.9 Å². The molecule has 1 heterocycles. The van der Waals surface area contributed by atoms with Gasteiger partial charge in [0, 0.05) is 6.54 Å². The molecule has 0 fully saturated rings. The number of likely N-dealkylation sites (N-methyl/N-ethyl adjacent to an activating group) is 1. The van der Waals surface area contributed by atoms with Crippen molar-refractivity contribution < 1.29 is 9.52 Å². The third-order valence-corrected chi connectivity index (χ3v) is 2.89. The first-order chi connectivity index (χ1) is 8.65. The van der Waals surface area contributed by atoms with Gasteiger partial charge < -0.3 is 9.52 Å². The average molecular weight is 245 g/mol. The summed E-state index contributed by atoms with van der Waals surface area (Å²) in [6.07, 6.45) is -0.466. The van der Waals surface area contributed by atoms with E-state index in [2.05, 4.69) is 4.90 Å². The third kappa shape index (κ3) is 3.45. The number of aliphatic hydroxyl groups excluding tert-OH is 1. The quantitative estimate of drug-likeness (QED) is 0.880. The van der Waals surface area contributed by atoms with Crippen LogP contribution in [-0.4, -0.2) is 23.6 Å². The van der Waals surface area contributed by atoms with Crippen molar-refractivity contribution in [3.05, 3.63) is 59.5 Å². The summed E-state index contributed by atoms with van der Waals surface area (Å²) in [4.78, 5) is 2.05. The van der Waals surface area contributed by atoms with E-state index >= 15 is 0 Å². The highest BCUT2D eigenvalue weighted by Gasteiger charge is 2.11. The Bertz CT molecular complexity index is 478. The summed E-state index contributed by atoms with van der Waals surface area (Å²) in [5.74, 6) is 1.84. The minimum atomic E-state index is -0.466. The Kier molecular flexibility index (Phi) is 4.18. The molecule has 0 saturated heterocycles. The van der Waals surface area contributed by atoms with Gasteiger partial charge in [-0.1, -0.05) is 30.3 Å². The summed E-state index contributed by atoms with van der Waals surface area (Å²) in [7, 11) is 1.98. The van der Waals surface area contributed by atoms with Gasteiger partial charge >= 0.3 is 0 Å². The molecule has 96 valence electrons. The molecule has 0 aliphatic heterocycles. The van der Waals surface area contributed by atoms with Gasteiger partial charge in [0.15, 0.2) is 0 Å². The van der Waals surface area contributed by atoms with Crippen LogP contribution >= 0.6 is 0 Å². The number of aliphatic hydroxyl groups is 1. The molecule has 1 N–H and O–H groups in total. The van der Waals surface area contributed by atoms with Crippen molar-refractivity contribution in [3.8, 4) is 0 Å². The molecule has 1 atom stereocenters. The summed E-state index contributed by atoms with van der Waals surface area (Å²) in [5, 5.41) is 10.1. The van der Waals surface area contributed by atoms with E-state index in [4.69, 9.17) is 4.42 Å². The van der Waals surface area contributed by atoms with E-state index < -0.39 is 6.10 Å². The Morgan fingerprint density at radius 2 is 1.89 bits per heavy atom. The second-order valence-corrected chi connectivity index (χ2v) is 4.64. The molecule has 0 spiro atoms. The van der Waals surface area contributed by atoms with Crippen LogP contribution in [-0.2, 0) is 6.54 Å². The van der Waals surface area contributed by atoms with Gasteiger partial charge in [-0.3, -0.25) is 4.90 Å². The van der Waals surface area contributed by atoms with Crippen LogP contribution in [0, 0.1) is 6.92 Å². The molecule has 0 bridgehead atoms. The first-order valence-electron chi connectivity index (χ1n) is 6.12. The number of aryl methyl sites for hydroxylation is 1. The van der Waals surface area contributed by atoms with Crippen LogP contribution in [0.1, 0.15) is 23.2 Å². The fraction of sp³-hybridized carbons (Fsp3) is 0.333. The van der Waals surface area contributed by atoms with Gasteiger partial charge in [-0.05, 0) is 31.7 Å². The van der Waals surface area contributed by atoms with Gasteiger partial charge in [-0.2, -0.15) is 0 Å². The molecule has 2 aromatic rings. The largest absolute Gasteiger partial charge is 0.465 e. The lowest BCUT2D eigenvalue weighted by molar-refractivity contribution is 0.120. The highest BCUT2D eigenvalue weighted by Crippen LogP contribution is 2.15. The van der Waals surface area contributed by atoms with Crippen molar-refractivity contribution in [2.24, 2.45) is 0 Å². The van der Waals surface area contributed by atoms with Crippen LogP contribution in [0.25, 0.3) is 0 Å². The molecule has 3 heteroatoms. The van der Waals surface area contributed by atoms with E-state index in [9.17, 15) is 5.11 Å². The normalized spacial score (nSPS) is 12.9. The summed E-state index contributed by atoms with van der Waals surface area (Å²) in [5.41, 5.74) is 0.944. The Morgan fingerprint density at radius 1 is 1.17 bits per heavy atom. The first kappa shape index (κ1) is 12.9.